The lowest BCUT2D eigenvalue weighted by Gasteiger charge is -2.26. The van der Waals surface area contributed by atoms with Crippen molar-refractivity contribution in [2.24, 2.45) is 0 Å². The van der Waals surface area contributed by atoms with E-state index < -0.39 is 20.9 Å². The van der Waals surface area contributed by atoms with E-state index in [-0.39, 0.29) is 17.8 Å². The van der Waals surface area contributed by atoms with E-state index in [1.54, 1.807) is 28.6 Å². The second kappa shape index (κ2) is 6.01. The molecule has 2 aromatic carbocycles. The van der Waals surface area contributed by atoms with Gasteiger partial charge in [0.2, 0.25) is 10.0 Å². The van der Waals surface area contributed by atoms with E-state index in [0.717, 1.165) is 11.1 Å². The van der Waals surface area contributed by atoms with Crippen LogP contribution in [0.1, 0.15) is 29.9 Å². The lowest BCUT2D eigenvalue weighted by atomic mass is 9.77. The maximum atomic E-state index is 13.2. The van der Waals surface area contributed by atoms with Gasteiger partial charge in [0.25, 0.3) is 0 Å². The van der Waals surface area contributed by atoms with Crippen molar-refractivity contribution in [3.8, 4) is 0 Å². The lowest BCUT2D eigenvalue weighted by molar-refractivity contribution is 0.0108. The molecular formula is C20H19ClFNO3S. The highest BCUT2D eigenvalue weighted by Crippen LogP contribution is 2.57. The second-order valence-electron chi connectivity index (χ2n) is 7.75. The Hall–Kier alpha value is -1.47. The van der Waals surface area contributed by atoms with Gasteiger partial charge in [-0.05, 0) is 48.2 Å². The molecule has 0 aromatic heterocycles. The number of ether oxygens (including phenoxy) is 1. The fourth-order valence-electron chi connectivity index (χ4n) is 4.93. The van der Waals surface area contributed by atoms with Crippen molar-refractivity contribution in [1.29, 1.82) is 0 Å². The van der Waals surface area contributed by atoms with E-state index in [1.165, 1.54) is 12.1 Å². The van der Waals surface area contributed by atoms with Crippen LogP contribution in [0.25, 0.3) is 0 Å². The molecule has 5 rings (SSSR count). The minimum absolute atomic E-state index is 0.118. The Morgan fingerprint density at radius 3 is 2.56 bits per heavy atom. The monoisotopic (exact) mass is 407 g/mol. The number of benzene rings is 2. The van der Waals surface area contributed by atoms with Crippen LogP contribution < -0.4 is 0 Å². The summed E-state index contributed by atoms with van der Waals surface area (Å²) in [6.07, 6.45) is 1.04. The molecule has 27 heavy (non-hydrogen) atoms. The molecule has 0 N–H and O–H groups in total. The van der Waals surface area contributed by atoms with Gasteiger partial charge in [0.1, 0.15) is 16.7 Å². The predicted octanol–water partition coefficient (Wildman–Crippen LogP) is 3.71. The van der Waals surface area contributed by atoms with E-state index in [1.807, 2.05) is 12.1 Å². The summed E-state index contributed by atoms with van der Waals surface area (Å²) in [5.41, 5.74) is 1.27. The summed E-state index contributed by atoms with van der Waals surface area (Å²) in [4.78, 5) is 0. The summed E-state index contributed by atoms with van der Waals surface area (Å²) >= 11 is 5.92. The van der Waals surface area contributed by atoms with Gasteiger partial charge >= 0.3 is 0 Å². The van der Waals surface area contributed by atoms with Crippen LogP contribution in [-0.2, 0) is 21.3 Å². The molecule has 3 fully saturated rings. The van der Waals surface area contributed by atoms with Gasteiger partial charge in [-0.25, -0.2) is 12.8 Å². The molecule has 0 aliphatic carbocycles. The molecule has 2 aromatic rings. The minimum Gasteiger partial charge on any atom is -0.368 e. The number of fused-ring (bicyclic) bond motifs is 1. The Morgan fingerprint density at radius 1 is 1.15 bits per heavy atom. The first kappa shape index (κ1) is 17.6. The van der Waals surface area contributed by atoms with E-state index in [2.05, 4.69) is 0 Å². The van der Waals surface area contributed by atoms with Gasteiger partial charge in [0.15, 0.2) is 0 Å². The van der Waals surface area contributed by atoms with Gasteiger partial charge < -0.3 is 4.74 Å². The first-order valence-corrected chi connectivity index (χ1v) is 10.9. The highest BCUT2D eigenvalue weighted by atomic mass is 35.5. The Morgan fingerprint density at radius 2 is 1.85 bits per heavy atom. The fraction of sp³-hybridized carbons (Fsp3) is 0.400. The quantitative estimate of drug-likeness (QED) is 0.779. The summed E-state index contributed by atoms with van der Waals surface area (Å²) in [5, 5.41) is 0.140. The molecule has 7 heteroatoms. The van der Waals surface area contributed by atoms with Crippen molar-refractivity contribution >= 4 is 21.6 Å². The van der Waals surface area contributed by atoms with Crippen LogP contribution in [0, 0.1) is 5.82 Å². The topological polar surface area (TPSA) is 46.6 Å². The molecular weight excluding hydrogens is 389 g/mol. The van der Waals surface area contributed by atoms with E-state index in [0.29, 0.717) is 31.0 Å². The predicted molar refractivity (Wildman–Crippen MR) is 101 cm³/mol. The molecule has 142 valence electrons. The van der Waals surface area contributed by atoms with Crippen LogP contribution >= 0.6 is 11.6 Å². The highest BCUT2D eigenvalue weighted by molar-refractivity contribution is 7.90. The Bertz CT molecular complexity index is 979. The number of hydrogen-bond acceptors (Lipinski definition) is 3. The minimum atomic E-state index is -3.41. The number of sulfonamides is 1. The second-order valence-corrected chi connectivity index (χ2v) is 10.3. The van der Waals surface area contributed by atoms with Gasteiger partial charge in [0.05, 0.1) is 6.10 Å². The van der Waals surface area contributed by atoms with Crippen LogP contribution in [0.15, 0.2) is 48.5 Å². The normalized spacial score (nSPS) is 34.1. The van der Waals surface area contributed by atoms with Crippen LogP contribution in [0.3, 0.4) is 0 Å². The average Bonchev–Trinajstić information content (AvgIpc) is 3.25. The molecule has 3 aliphatic heterocycles. The largest absolute Gasteiger partial charge is 0.368 e. The standard InChI is InChI=1S/C20H19ClFNO3S/c21-15-5-1-13(2-6-15)11-23-12-20-10-17(14-3-7-16(22)8-4-14)18(26-20)9-19(20)27(23,24)25/h1-8,17-19H,9-12H2/t17-,18-,19+,20-/m1/s1. The Labute approximate surface area is 162 Å². The molecule has 3 heterocycles. The van der Waals surface area contributed by atoms with Gasteiger partial charge in [-0.3, -0.25) is 0 Å². The van der Waals surface area contributed by atoms with Crippen molar-refractivity contribution in [3.05, 3.63) is 70.5 Å². The third-order valence-electron chi connectivity index (χ3n) is 6.17. The molecule has 1 spiro atoms. The molecule has 4 nitrogen and oxygen atoms in total. The maximum absolute atomic E-state index is 13.2. The maximum Gasteiger partial charge on any atom is 0.220 e. The lowest BCUT2D eigenvalue weighted by Crippen LogP contribution is -2.39. The molecule has 4 atom stereocenters. The molecule has 0 radical (unpaired) electrons. The van der Waals surface area contributed by atoms with Crippen molar-refractivity contribution in [2.45, 2.75) is 42.3 Å². The average molecular weight is 408 g/mol. The van der Waals surface area contributed by atoms with E-state index >= 15 is 0 Å². The number of nitrogens with zero attached hydrogens (tertiary/aromatic N) is 1. The van der Waals surface area contributed by atoms with Gasteiger partial charge in [-0.2, -0.15) is 4.31 Å². The van der Waals surface area contributed by atoms with Gasteiger partial charge in [-0.1, -0.05) is 35.9 Å². The first-order valence-electron chi connectivity index (χ1n) is 9.04. The summed E-state index contributed by atoms with van der Waals surface area (Å²) in [5.74, 6) is -0.149. The molecule has 3 saturated heterocycles. The van der Waals surface area contributed by atoms with Crippen LogP contribution in [0.2, 0.25) is 5.02 Å². The van der Waals surface area contributed by atoms with E-state index in [4.69, 9.17) is 16.3 Å². The number of rotatable bonds is 3. The summed E-state index contributed by atoms with van der Waals surface area (Å²) in [6, 6.07) is 13.7. The molecule has 0 unspecified atom stereocenters. The Kier molecular flexibility index (Phi) is 3.92. The van der Waals surface area contributed by atoms with Gasteiger partial charge in [0, 0.05) is 24.0 Å². The molecule has 3 aliphatic rings. The summed E-state index contributed by atoms with van der Waals surface area (Å²) < 4.78 is 47.2. The first-order chi connectivity index (χ1) is 12.9. The fourth-order valence-corrected chi connectivity index (χ4v) is 7.34. The zero-order valence-electron chi connectivity index (χ0n) is 14.5. The van der Waals surface area contributed by atoms with Crippen LogP contribution in [-0.4, -0.2) is 36.2 Å². The third kappa shape index (κ3) is 2.73. The zero-order chi connectivity index (χ0) is 18.8. The third-order valence-corrected chi connectivity index (χ3v) is 8.74. The van der Waals surface area contributed by atoms with Crippen LogP contribution in [0.5, 0.6) is 0 Å². The number of halogens is 2. The van der Waals surface area contributed by atoms with Crippen LogP contribution in [0.4, 0.5) is 4.39 Å². The Balaban J connectivity index is 1.40. The molecule has 0 amide bonds. The summed E-state index contributed by atoms with van der Waals surface area (Å²) in [7, 11) is -3.41. The van der Waals surface area contributed by atoms with Crippen molar-refractivity contribution in [1.82, 2.24) is 4.31 Å². The highest BCUT2D eigenvalue weighted by Gasteiger charge is 2.68. The smallest absolute Gasteiger partial charge is 0.220 e. The van der Waals surface area contributed by atoms with E-state index in [9.17, 15) is 12.8 Å². The van der Waals surface area contributed by atoms with Crippen molar-refractivity contribution < 1.29 is 17.5 Å². The van der Waals surface area contributed by atoms with Gasteiger partial charge in [-0.15, -0.1) is 0 Å². The SMILES string of the molecule is O=S1(=O)[C@H]2C[C@H]3O[C@]2(C[C@@H]3c2ccc(F)cc2)CN1Cc1ccc(Cl)cc1. The molecule has 2 bridgehead atoms. The number of hydrogen-bond donors (Lipinski definition) is 0. The summed E-state index contributed by atoms with van der Waals surface area (Å²) in [6.45, 7) is 0.698. The van der Waals surface area contributed by atoms with Crippen molar-refractivity contribution in [3.63, 3.8) is 0 Å². The van der Waals surface area contributed by atoms with Crippen molar-refractivity contribution in [2.75, 3.05) is 6.54 Å². The molecule has 0 saturated carbocycles. The zero-order valence-corrected chi connectivity index (χ0v) is 16.1.